The van der Waals surface area contributed by atoms with E-state index in [0.29, 0.717) is 11.4 Å². The first-order valence-electron chi connectivity index (χ1n) is 9.94. The number of guanidine groups is 1. The molecule has 1 heterocycles. The monoisotopic (exact) mass is 537 g/mol. The van der Waals surface area contributed by atoms with Crippen molar-refractivity contribution in [2.45, 2.75) is 31.2 Å². The van der Waals surface area contributed by atoms with Gasteiger partial charge in [0.1, 0.15) is 0 Å². The maximum Gasteiger partial charge on any atom is 0.191 e. The second-order valence-electron chi connectivity index (χ2n) is 7.58. The Bertz CT molecular complexity index is 762. The van der Waals surface area contributed by atoms with E-state index in [0.717, 1.165) is 36.6 Å². The fourth-order valence-electron chi connectivity index (χ4n) is 3.38. The van der Waals surface area contributed by atoms with Gasteiger partial charge in [-0.3, -0.25) is 4.99 Å². The summed E-state index contributed by atoms with van der Waals surface area (Å²) in [5.74, 6) is 0.768. The fourth-order valence-corrected chi connectivity index (χ4v) is 4.34. The summed E-state index contributed by atoms with van der Waals surface area (Å²) in [5, 5.41) is 6.64. The Labute approximate surface area is 193 Å². The van der Waals surface area contributed by atoms with Crippen molar-refractivity contribution in [1.29, 1.82) is 0 Å². The Morgan fingerprint density at radius 2 is 1.83 bits per heavy atom. The van der Waals surface area contributed by atoms with Gasteiger partial charge in [-0.1, -0.05) is 12.1 Å². The van der Waals surface area contributed by atoms with Crippen molar-refractivity contribution in [2.24, 2.45) is 4.99 Å². The highest BCUT2D eigenvalue weighted by atomic mass is 127. The Balaban J connectivity index is 0.00000420. The number of unbranched alkanes of at least 4 members (excludes halogenated alkanes) is 1. The molecule has 1 aliphatic rings. The van der Waals surface area contributed by atoms with Crippen LogP contribution in [0.15, 0.2) is 28.1 Å². The van der Waals surface area contributed by atoms with Gasteiger partial charge in [-0.25, -0.2) is 8.42 Å². The van der Waals surface area contributed by atoms with Crippen molar-refractivity contribution < 1.29 is 8.42 Å². The summed E-state index contributed by atoms with van der Waals surface area (Å²) in [7, 11) is 0.766. The van der Waals surface area contributed by atoms with Gasteiger partial charge in [-0.2, -0.15) is 0 Å². The summed E-state index contributed by atoms with van der Waals surface area (Å²) in [6, 6.07) is 5.43. The number of hydrogen-bond donors (Lipinski definition) is 2. The molecule has 0 amide bonds. The maximum atomic E-state index is 11.7. The lowest BCUT2D eigenvalue weighted by molar-refractivity contribution is 0.152. The topological polar surface area (TPSA) is 77.0 Å². The summed E-state index contributed by atoms with van der Waals surface area (Å²) in [6.45, 7) is 9.15. The molecule has 0 saturated carbocycles. The van der Waals surface area contributed by atoms with Crippen LogP contribution in [0.1, 0.15) is 24.0 Å². The summed E-state index contributed by atoms with van der Waals surface area (Å²) < 4.78 is 23.4. The van der Waals surface area contributed by atoms with Crippen molar-refractivity contribution in [3.8, 4) is 0 Å². The Morgan fingerprint density at radius 3 is 2.41 bits per heavy atom. The molecule has 0 spiro atoms. The van der Waals surface area contributed by atoms with E-state index in [1.165, 1.54) is 38.9 Å². The van der Waals surface area contributed by atoms with Crippen LogP contribution in [-0.2, 0) is 16.4 Å². The predicted octanol–water partition coefficient (Wildman–Crippen LogP) is 1.71. The molecule has 0 aliphatic carbocycles. The number of benzene rings is 1. The van der Waals surface area contributed by atoms with Gasteiger partial charge in [0.2, 0.25) is 0 Å². The van der Waals surface area contributed by atoms with Crippen LogP contribution in [0, 0.1) is 6.92 Å². The third-order valence-electron chi connectivity index (χ3n) is 5.11. The zero-order valence-corrected chi connectivity index (χ0v) is 21.2. The number of aryl methyl sites for hydroxylation is 1. The molecular formula is C20H36IN5O2S. The van der Waals surface area contributed by atoms with Gasteiger partial charge in [0.05, 0.1) is 4.90 Å². The average Bonchev–Trinajstić information content (AvgIpc) is 2.64. The third kappa shape index (κ3) is 9.18. The molecule has 1 saturated heterocycles. The highest BCUT2D eigenvalue weighted by Gasteiger charge is 2.13. The first kappa shape index (κ1) is 26.1. The number of likely N-dealkylation sites (N-methyl/N-ethyl adjacent to an activating group) is 1. The van der Waals surface area contributed by atoms with E-state index in [9.17, 15) is 8.42 Å². The quantitative estimate of drug-likeness (QED) is 0.228. The minimum atomic E-state index is -3.18. The van der Waals surface area contributed by atoms with Crippen molar-refractivity contribution in [2.75, 3.05) is 59.6 Å². The van der Waals surface area contributed by atoms with Gasteiger partial charge in [-0.05, 0) is 50.6 Å². The van der Waals surface area contributed by atoms with Gasteiger partial charge in [-0.15, -0.1) is 24.0 Å². The molecule has 1 aromatic carbocycles. The second-order valence-corrected chi connectivity index (χ2v) is 9.56. The zero-order chi connectivity index (χ0) is 20.6. The number of piperazine rings is 1. The van der Waals surface area contributed by atoms with Crippen LogP contribution in [0.5, 0.6) is 0 Å². The molecule has 1 fully saturated rings. The van der Waals surface area contributed by atoms with E-state index in [1.54, 1.807) is 13.1 Å². The molecule has 0 atom stereocenters. The highest BCUT2D eigenvalue weighted by Crippen LogP contribution is 2.16. The molecule has 166 valence electrons. The molecule has 9 heteroatoms. The third-order valence-corrected chi connectivity index (χ3v) is 6.37. The molecular weight excluding hydrogens is 501 g/mol. The van der Waals surface area contributed by atoms with Gasteiger partial charge in [0.15, 0.2) is 15.8 Å². The number of hydrogen-bond acceptors (Lipinski definition) is 5. The predicted molar refractivity (Wildman–Crippen MR) is 131 cm³/mol. The van der Waals surface area contributed by atoms with Gasteiger partial charge in [0, 0.05) is 52.6 Å². The first-order chi connectivity index (χ1) is 13.3. The minimum Gasteiger partial charge on any atom is -0.356 e. The standard InChI is InChI=1S/C20H35N5O2S.HI/c1-17-15-18(7-8-19(17)28(4,26)27)16-23-20(21-2)22-9-5-6-10-25-13-11-24(3)12-14-25;/h7-8,15H,5-6,9-14,16H2,1-4H3,(H2,21,22,23);1H. The van der Waals surface area contributed by atoms with Crippen LogP contribution >= 0.6 is 24.0 Å². The van der Waals surface area contributed by atoms with Crippen molar-refractivity contribution >= 4 is 39.8 Å². The molecule has 2 N–H and O–H groups in total. The number of rotatable bonds is 8. The van der Waals surface area contributed by atoms with Crippen molar-refractivity contribution in [1.82, 2.24) is 20.4 Å². The lowest BCUT2D eigenvalue weighted by atomic mass is 10.1. The Hall–Kier alpha value is -0.910. The molecule has 1 aliphatic heterocycles. The van der Waals surface area contributed by atoms with Crippen LogP contribution in [0.3, 0.4) is 0 Å². The van der Waals surface area contributed by atoms with Crippen LogP contribution in [-0.4, -0.2) is 83.8 Å². The van der Waals surface area contributed by atoms with Gasteiger partial charge >= 0.3 is 0 Å². The van der Waals surface area contributed by atoms with Crippen LogP contribution < -0.4 is 10.6 Å². The van der Waals surface area contributed by atoms with Crippen LogP contribution in [0.25, 0.3) is 0 Å². The number of nitrogens with one attached hydrogen (secondary N) is 2. The minimum absolute atomic E-state index is 0. The van der Waals surface area contributed by atoms with E-state index in [1.807, 2.05) is 19.1 Å². The second kappa shape index (κ2) is 12.7. The molecule has 1 aromatic rings. The molecule has 7 nitrogen and oxygen atoms in total. The van der Waals surface area contributed by atoms with E-state index in [-0.39, 0.29) is 24.0 Å². The van der Waals surface area contributed by atoms with E-state index >= 15 is 0 Å². The van der Waals surface area contributed by atoms with E-state index in [2.05, 4.69) is 32.5 Å². The largest absolute Gasteiger partial charge is 0.356 e. The maximum absolute atomic E-state index is 11.7. The molecule has 0 aromatic heterocycles. The summed E-state index contributed by atoms with van der Waals surface area (Å²) in [6.07, 6.45) is 3.53. The van der Waals surface area contributed by atoms with Crippen molar-refractivity contribution in [3.05, 3.63) is 29.3 Å². The summed E-state index contributed by atoms with van der Waals surface area (Å²) >= 11 is 0. The smallest absolute Gasteiger partial charge is 0.191 e. The number of sulfone groups is 1. The van der Waals surface area contributed by atoms with Gasteiger partial charge in [0.25, 0.3) is 0 Å². The summed E-state index contributed by atoms with van der Waals surface area (Å²) in [4.78, 5) is 9.57. The molecule has 0 radical (unpaired) electrons. The Morgan fingerprint density at radius 1 is 1.14 bits per heavy atom. The number of nitrogens with zero attached hydrogens (tertiary/aromatic N) is 3. The average molecular weight is 538 g/mol. The number of aliphatic imine (C=N–C) groups is 1. The van der Waals surface area contributed by atoms with E-state index in [4.69, 9.17) is 0 Å². The molecule has 29 heavy (non-hydrogen) atoms. The molecule has 0 unspecified atom stereocenters. The number of halogens is 1. The molecule has 0 bridgehead atoms. The lowest BCUT2D eigenvalue weighted by Gasteiger charge is -2.32. The first-order valence-corrected chi connectivity index (χ1v) is 11.8. The lowest BCUT2D eigenvalue weighted by Crippen LogP contribution is -2.44. The Kier molecular flexibility index (Phi) is 11.4. The van der Waals surface area contributed by atoms with E-state index < -0.39 is 9.84 Å². The van der Waals surface area contributed by atoms with Gasteiger partial charge < -0.3 is 20.4 Å². The SMILES string of the molecule is CN=C(NCCCCN1CCN(C)CC1)NCc1ccc(S(C)(=O)=O)c(C)c1.I. The fraction of sp³-hybridized carbons (Fsp3) is 0.650. The highest BCUT2D eigenvalue weighted by molar-refractivity contribution is 14.0. The van der Waals surface area contributed by atoms with Crippen LogP contribution in [0.4, 0.5) is 0 Å². The summed E-state index contributed by atoms with van der Waals surface area (Å²) in [5.41, 5.74) is 1.80. The van der Waals surface area contributed by atoms with Crippen molar-refractivity contribution in [3.63, 3.8) is 0 Å². The molecule has 2 rings (SSSR count). The zero-order valence-electron chi connectivity index (χ0n) is 18.1. The normalized spacial score (nSPS) is 16.3. The van der Waals surface area contributed by atoms with Crippen LogP contribution in [0.2, 0.25) is 0 Å².